The molecule has 21 heavy (non-hydrogen) atoms. The fourth-order valence-electron chi connectivity index (χ4n) is 2.08. The lowest BCUT2D eigenvalue weighted by Gasteiger charge is -2.11. The molecule has 0 amide bonds. The van der Waals surface area contributed by atoms with Gasteiger partial charge in [-0.2, -0.15) is 0 Å². The van der Waals surface area contributed by atoms with Crippen LogP contribution in [0.1, 0.15) is 19.2 Å². The normalized spacial score (nSPS) is 10.6. The molecule has 0 bridgehead atoms. The van der Waals surface area contributed by atoms with Crippen molar-refractivity contribution < 1.29 is 9.66 Å². The third-order valence-electron chi connectivity index (χ3n) is 2.97. The molecule has 1 aromatic heterocycles. The van der Waals surface area contributed by atoms with Gasteiger partial charge < -0.3 is 10.5 Å². The highest BCUT2D eigenvalue weighted by Crippen LogP contribution is 2.34. The van der Waals surface area contributed by atoms with E-state index in [1.165, 1.54) is 0 Å². The van der Waals surface area contributed by atoms with Gasteiger partial charge in [-0.25, -0.2) is 4.98 Å². The topological polar surface area (TPSA) is 96.2 Å². The smallest absolute Gasteiger partial charge is 0.334 e. The van der Waals surface area contributed by atoms with Gasteiger partial charge in [0.05, 0.1) is 11.5 Å². The number of hydrogen-bond donors (Lipinski definition) is 1. The van der Waals surface area contributed by atoms with E-state index >= 15 is 0 Å². The Morgan fingerprint density at radius 1 is 1.48 bits per heavy atom. The summed E-state index contributed by atoms with van der Waals surface area (Å²) in [7, 11) is 0. The Balaban J connectivity index is 2.52. The number of benzene rings is 1. The van der Waals surface area contributed by atoms with Gasteiger partial charge in [0, 0.05) is 18.8 Å². The van der Waals surface area contributed by atoms with Crippen molar-refractivity contribution in [3.05, 3.63) is 46.5 Å². The summed E-state index contributed by atoms with van der Waals surface area (Å²) >= 11 is 0. The summed E-state index contributed by atoms with van der Waals surface area (Å²) in [6, 6.07) is 5.02. The second-order valence-electron chi connectivity index (χ2n) is 4.48. The minimum atomic E-state index is -0.424. The Kier molecular flexibility index (Phi) is 4.89. The van der Waals surface area contributed by atoms with Crippen LogP contribution < -0.4 is 10.5 Å². The fourth-order valence-corrected chi connectivity index (χ4v) is 2.08. The molecule has 0 saturated carbocycles. The number of ether oxygens (including phenoxy) is 1. The lowest BCUT2D eigenvalue weighted by atomic mass is 10.2. The van der Waals surface area contributed by atoms with Crippen molar-refractivity contribution in [3.63, 3.8) is 0 Å². The van der Waals surface area contributed by atoms with Gasteiger partial charge in [-0.3, -0.25) is 14.7 Å². The van der Waals surface area contributed by atoms with Crippen LogP contribution in [-0.4, -0.2) is 27.6 Å². The number of para-hydroxylation sites is 1. The molecule has 0 unspecified atom stereocenters. The summed E-state index contributed by atoms with van der Waals surface area (Å²) < 4.78 is 7.17. The van der Waals surface area contributed by atoms with E-state index in [-0.39, 0.29) is 11.4 Å². The summed E-state index contributed by atoms with van der Waals surface area (Å²) in [6.07, 6.45) is 4.63. The zero-order valence-corrected chi connectivity index (χ0v) is 11.9. The first-order valence-electron chi connectivity index (χ1n) is 6.82. The summed E-state index contributed by atoms with van der Waals surface area (Å²) in [6.45, 7) is 2.81. The van der Waals surface area contributed by atoms with Gasteiger partial charge in [-0.1, -0.05) is 13.0 Å². The van der Waals surface area contributed by atoms with Crippen LogP contribution in [0, 0.1) is 10.1 Å². The Hall–Kier alpha value is -2.41. The highest BCUT2D eigenvalue weighted by Gasteiger charge is 2.23. The largest absolute Gasteiger partial charge is 0.487 e. The van der Waals surface area contributed by atoms with E-state index in [1.807, 2.05) is 6.92 Å². The zero-order valence-electron chi connectivity index (χ0n) is 11.9. The molecule has 0 aliphatic heterocycles. The minimum absolute atomic E-state index is 0.0535. The van der Waals surface area contributed by atoms with Gasteiger partial charge >= 0.3 is 5.69 Å². The van der Waals surface area contributed by atoms with Crippen LogP contribution in [-0.2, 0) is 6.42 Å². The number of nitrogens with zero attached hydrogens (tertiary/aromatic N) is 3. The number of rotatable bonds is 7. The first-order valence-corrected chi connectivity index (χ1v) is 6.82. The number of hydrogen-bond acceptors (Lipinski definition) is 5. The van der Waals surface area contributed by atoms with Crippen molar-refractivity contribution in [1.29, 1.82) is 0 Å². The van der Waals surface area contributed by atoms with Gasteiger partial charge in [-0.15, -0.1) is 0 Å². The maximum atomic E-state index is 11.4. The standard InChI is InChI=1S/C14H18N4O3/c1-2-10-21-12-5-3-4-11(14(12)18(19)20)17-9-8-16-13(17)6-7-15/h3-5,8-9H,2,6-7,10,15H2,1H3. The highest BCUT2D eigenvalue weighted by atomic mass is 16.6. The number of nitrogens with two attached hydrogens (primary N) is 1. The van der Waals surface area contributed by atoms with E-state index in [4.69, 9.17) is 10.5 Å². The molecule has 2 aromatic rings. The molecule has 0 atom stereocenters. The molecule has 0 aliphatic carbocycles. The average Bonchev–Trinajstić information content (AvgIpc) is 2.93. The van der Waals surface area contributed by atoms with Crippen LogP contribution in [0.5, 0.6) is 5.75 Å². The van der Waals surface area contributed by atoms with E-state index in [1.54, 1.807) is 35.2 Å². The van der Waals surface area contributed by atoms with E-state index in [9.17, 15) is 10.1 Å². The quantitative estimate of drug-likeness (QED) is 0.622. The number of imidazole rings is 1. The molecule has 0 saturated heterocycles. The maximum absolute atomic E-state index is 11.4. The second-order valence-corrected chi connectivity index (χ2v) is 4.48. The van der Waals surface area contributed by atoms with Crippen LogP contribution >= 0.6 is 0 Å². The van der Waals surface area contributed by atoms with E-state index in [2.05, 4.69) is 4.98 Å². The average molecular weight is 290 g/mol. The predicted molar refractivity (Wildman–Crippen MR) is 78.8 cm³/mol. The molecule has 0 aliphatic rings. The number of nitro groups is 1. The first-order chi connectivity index (χ1) is 10.2. The van der Waals surface area contributed by atoms with Crippen molar-refractivity contribution in [2.45, 2.75) is 19.8 Å². The molecule has 1 heterocycles. The molecule has 0 spiro atoms. The molecular formula is C14H18N4O3. The summed E-state index contributed by atoms with van der Waals surface area (Å²) in [5, 5.41) is 11.4. The summed E-state index contributed by atoms with van der Waals surface area (Å²) in [5.41, 5.74) is 5.93. The van der Waals surface area contributed by atoms with E-state index in [0.717, 1.165) is 6.42 Å². The first kappa shape index (κ1) is 15.0. The number of nitro benzene ring substituents is 1. The Morgan fingerprint density at radius 2 is 2.29 bits per heavy atom. The zero-order chi connectivity index (χ0) is 15.2. The monoisotopic (exact) mass is 290 g/mol. The summed E-state index contributed by atoms with van der Waals surface area (Å²) in [4.78, 5) is 15.2. The van der Waals surface area contributed by atoms with Gasteiger partial charge in [0.1, 0.15) is 11.5 Å². The van der Waals surface area contributed by atoms with Gasteiger partial charge in [0.15, 0.2) is 5.75 Å². The molecule has 2 rings (SSSR count). The lowest BCUT2D eigenvalue weighted by molar-refractivity contribution is -0.385. The van der Waals surface area contributed by atoms with Crippen LogP contribution in [0.3, 0.4) is 0 Å². The molecule has 0 radical (unpaired) electrons. The maximum Gasteiger partial charge on any atom is 0.334 e. The molecule has 1 aromatic carbocycles. The lowest BCUT2D eigenvalue weighted by Crippen LogP contribution is -2.10. The van der Waals surface area contributed by atoms with Crippen LogP contribution in [0.25, 0.3) is 5.69 Å². The highest BCUT2D eigenvalue weighted by molar-refractivity contribution is 5.61. The SMILES string of the molecule is CCCOc1cccc(-n2ccnc2CCN)c1[N+](=O)[O-]. The van der Waals surface area contributed by atoms with Gasteiger partial charge in [0.2, 0.25) is 0 Å². The predicted octanol–water partition coefficient (Wildman–Crippen LogP) is 2.07. The van der Waals surface area contributed by atoms with Crippen molar-refractivity contribution in [1.82, 2.24) is 9.55 Å². The molecule has 112 valence electrons. The van der Waals surface area contributed by atoms with Crippen molar-refractivity contribution in [2.24, 2.45) is 5.73 Å². The summed E-state index contributed by atoms with van der Waals surface area (Å²) in [5.74, 6) is 0.958. The third-order valence-corrected chi connectivity index (χ3v) is 2.97. The Bertz CT molecular complexity index is 624. The Morgan fingerprint density at radius 3 is 2.95 bits per heavy atom. The van der Waals surface area contributed by atoms with Crippen LogP contribution in [0.2, 0.25) is 0 Å². The van der Waals surface area contributed by atoms with E-state index < -0.39 is 4.92 Å². The Labute approximate surface area is 122 Å². The second kappa shape index (κ2) is 6.85. The van der Waals surface area contributed by atoms with Gasteiger partial charge in [0.25, 0.3) is 0 Å². The van der Waals surface area contributed by atoms with Crippen molar-refractivity contribution in [3.8, 4) is 11.4 Å². The molecule has 7 nitrogen and oxygen atoms in total. The third kappa shape index (κ3) is 3.19. The van der Waals surface area contributed by atoms with Crippen LogP contribution in [0.4, 0.5) is 5.69 Å². The number of aromatic nitrogens is 2. The molecule has 0 fully saturated rings. The minimum Gasteiger partial charge on any atom is -0.487 e. The van der Waals surface area contributed by atoms with Crippen LogP contribution in [0.15, 0.2) is 30.6 Å². The van der Waals surface area contributed by atoms with Crippen molar-refractivity contribution >= 4 is 5.69 Å². The van der Waals surface area contributed by atoms with E-state index in [0.29, 0.717) is 31.1 Å². The molecule has 7 heteroatoms. The van der Waals surface area contributed by atoms with Gasteiger partial charge in [-0.05, 0) is 25.1 Å². The molecule has 2 N–H and O–H groups in total. The molecular weight excluding hydrogens is 272 g/mol. The van der Waals surface area contributed by atoms with Crippen molar-refractivity contribution in [2.75, 3.05) is 13.2 Å². The fraction of sp³-hybridized carbons (Fsp3) is 0.357.